The van der Waals surface area contributed by atoms with Crippen LogP contribution in [-0.4, -0.2) is 58.7 Å². The monoisotopic (exact) mass is 391 g/mol. The van der Waals surface area contributed by atoms with Gasteiger partial charge in [-0.3, -0.25) is 14.1 Å². The molecule has 12 heteroatoms. The molecular weight excluding hydrogens is 377 g/mol. The fourth-order valence-corrected chi connectivity index (χ4v) is 4.18. The molecule has 0 bridgehead atoms. The molecule has 0 radical (unpaired) electrons. The van der Waals surface area contributed by atoms with Gasteiger partial charge in [0.25, 0.3) is 11.8 Å². The Morgan fingerprint density at radius 3 is 2.42 bits per heavy atom. The minimum atomic E-state index is -4.68. The Labute approximate surface area is 171 Å². The summed E-state index contributed by atoms with van der Waals surface area (Å²) in [5.74, 6) is -1.61. The predicted molar refractivity (Wildman–Crippen MR) is 80.0 cm³/mol. The van der Waals surface area contributed by atoms with Gasteiger partial charge in [-0.2, -0.15) is 8.42 Å². The molecule has 2 fully saturated rings. The summed E-state index contributed by atoms with van der Waals surface area (Å²) in [6.07, 6.45) is -1.49. The molecule has 3 rings (SSSR count). The summed E-state index contributed by atoms with van der Waals surface area (Å²) in [6, 6.07) is 4.85. The van der Waals surface area contributed by atoms with E-state index in [1.807, 2.05) is 5.32 Å². The second-order valence-corrected chi connectivity index (χ2v) is 7.01. The Bertz CT molecular complexity index is 832. The first-order valence-corrected chi connectivity index (χ1v) is 8.75. The third-order valence-electron chi connectivity index (χ3n) is 4.31. The SMILES string of the molecule is O=C([O-])N[C@@H](C(=O)N1CC[C@@H]2[C@H]1C(=O)N2S(=O)(=O)O)c1ccccc1.[Na+]. The van der Waals surface area contributed by atoms with Gasteiger partial charge in [0.1, 0.15) is 18.2 Å². The molecule has 2 aliphatic heterocycles. The van der Waals surface area contributed by atoms with E-state index in [-0.39, 0.29) is 42.5 Å². The van der Waals surface area contributed by atoms with Gasteiger partial charge in [0.05, 0.1) is 6.04 Å². The third-order valence-corrected chi connectivity index (χ3v) is 5.26. The van der Waals surface area contributed by atoms with Crippen LogP contribution in [0.3, 0.4) is 0 Å². The van der Waals surface area contributed by atoms with E-state index in [0.29, 0.717) is 9.87 Å². The minimum absolute atomic E-state index is 0. The molecule has 0 aliphatic carbocycles. The number of nitrogens with one attached hydrogen (secondary N) is 1. The standard InChI is InChI=1S/C14H15N3O7S.Na/c18-12(10(15-14(20)21)8-4-2-1-3-5-8)16-7-6-9-11(16)13(19)17(9)25(22,23)24;/h1-5,9-11,15H,6-7H2,(H,20,21)(H,22,23,24);/q;+1/p-1/t9-,10-,11+;/m1./s1. The normalized spacial score (nSPS) is 22.7. The van der Waals surface area contributed by atoms with Gasteiger partial charge < -0.3 is 20.1 Å². The number of benzene rings is 1. The Morgan fingerprint density at radius 1 is 1.27 bits per heavy atom. The Hall–Kier alpha value is -1.66. The molecule has 1 aromatic carbocycles. The number of nitrogens with zero attached hydrogens (tertiary/aromatic N) is 2. The number of carbonyl (C=O) groups is 3. The number of β-lactam (4-membered cyclic amide) rings is 1. The van der Waals surface area contributed by atoms with Crippen molar-refractivity contribution in [1.29, 1.82) is 0 Å². The van der Waals surface area contributed by atoms with Gasteiger partial charge in [0, 0.05) is 6.54 Å². The molecule has 134 valence electrons. The van der Waals surface area contributed by atoms with Crippen molar-refractivity contribution in [3.05, 3.63) is 35.9 Å². The average Bonchev–Trinajstić information content (AvgIpc) is 2.90. The number of fused-ring (bicyclic) bond motifs is 1. The second kappa shape index (κ2) is 7.53. The van der Waals surface area contributed by atoms with Gasteiger partial charge in [-0.05, 0) is 12.0 Å². The number of hydrogen-bond acceptors (Lipinski definition) is 6. The molecule has 0 saturated carbocycles. The Morgan fingerprint density at radius 2 is 1.88 bits per heavy atom. The Balaban J connectivity index is 0.00000243. The molecule has 0 spiro atoms. The van der Waals surface area contributed by atoms with Crippen LogP contribution < -0.4 is 40.0 Å². The molecular formula is C14H14N3NaO7S. The van der Waals surface area contributed by atoms with Crippen LogP contribution >= 0.6 is 0 Å². The van der Waals surface area contributed by atoms with E-state index in [1.165, 1.54) is 0 Å². The smallest absolute Gasteiger partial charge is 0.530 e. The van der Waals surface area contributed by atoms with Crippen LogP contribution in [0.1, 0.15) is 18.0 Å². The van der Waals surface area contributed by atoms with Gasteiger partial charge in [0.2, 0.25) is 0 Å². The maximum absolute atomic E-state index is 12.8. The first kappa shape index (κ1) is 20.6. The van der Waals surface area contributed by atoms with Crippen LogP contribution in [-0.2, 0) is 19.9 Å². The van der Waals surface area contributed by atoms with Crippen LogP contribution in [0.5, 0.6) is 0 Å². The van der Waals surface area contributed by atoms with E-state index < -0.39 is 46.3 Å². The van der Waals surface area contributed by atoms with E-state index in [0.717, 1.165) is 4.90 Å². The van der Waals surface area contributed by atoms with Gasteiger partial charge in [-0.15, -0.1) is 0 Å². The summed E-state index contributed by atoms with van der Waals surface area (Å²) < 4.78 is 31.8. The van der Waals surface area contributed by atoms with Crippen molar-refractivity contribution < 1.29 is 62.0 Å². The van der Waals surface area contributed by atoms with Crippen LogP contribution in [0.2, 0.25) is 0 Å². The number of rotatable bonds is 4. The van der Waals surface area contributed by atoms with Crippen molar-refractivity contribution in [3.63, 3.8) is 0 Å². The topological polar surface area (TPSA) is 147 Å². The fourth-order valence-electron chi connectivity index (χ4n) is 3.28. The molecule has 2 saturated heterocycles. The molecule has 2 N–H and O–H groups in total. The molecule has 1 aromatic rings. The molecule has 3 atom stereocenters. The minimum Gasteiger partial charge on any atom is -0.530 e. The summed E-state index contributed by atoms with van der Waals surface area (Å²) >= 11 is 0. The summed E-state index contributed by atoms with van der Waals surface area (Å²) in [6.45, 7) is 0.0595. The van der Waals surface area contributed by atoms with Gasteiger partial charge in [-0.25, -0.2) is 4.31 Å². The van der Waals surface area contributed by atoms with Crippen molar-refractivity contribution in [1.82, 2.24) is 14.5 Å². The second-order valence-electron chi connectivity index (χ2n) is 5.72. The van der Waals surface area contributed by atoms with Crippen molar-refractivity contribution in [3.8, 4) is 0 Å². The van der Waals surface area contributed by atoms with E-state index in [1.54, 1.807) is 30.3 Å². The third kappa shape index (κ3) is 3.58. The predicted octanol–water partition coefficient (Wildman–Crippen LogP) is -4.72. The summed E-state index contributed by atoms with van der Waals surface area (Å²) in [4.78, 5) is 36.8. The first-order valence-electron chi connectivity index (χ1n) is 7.35. The van der Waals surface area contributed by atoms with E-state index >= 15 is 0 Å². The zero-order valence-corrected chi connectivity index (χ0v) is 16.5. The molecule has 2 heterocycles. The number of hydrogen-bond donors (Lipinski definition) is 2. The molecule has 26 heavy (non-hydrogen) atoms. The maximum Gasteiger partial charge on any atom is 1.00 e. The van der Waals surface area contributed by atoms with E-state index in [2.05, 4.69) is 0 Å². The summed E-state index contributed by atoms with van der Waals surface area (Å²) in [7, 11) is -4.68. The van der Waals surface area contributed by atoms with E-state index in [4.69, 9.17) is 4.55 Å². The van der Waals surface area contributed by atoms with Crippen molar-refractivity contribution in [2.75, 3.05) is 6.54 Å². The van der Waals surface area contributed by atoms with Gasteiger partial charge >= 0.3 is 39.9 Å². The fraction of sp³-hybridized carbons (Fsp3) is 0.357. The van der Waals surface area contributed by atoms with Crippen LogP contribution in [0.15, 0.2) is 30.3 Å². The number of likely N-dealkylation sites (tertiary alicyclic amines) is 1. The van der Waals surface area contributed by atoms with Crippen LogP contribution in [0, 0.1) is 0 Å². The van der Waals surface area contributed by atoms with Crippen molar-refractivity contribution in [2.24, 2.45) is 0 Å². The maximum atomic E-state index is 12.8. The average molecular weight is 391 g/mol. The van der Waals surface area contributed by atoms with Crippen LogP contribution in [0.4, 0.5) is 4.79 Å². The molecule has 2 aliphatic rings. The molecule has 0 aromatic heterocycles. The molecule has 3 amide bonds. The number of amides is 3. The summed E-state index contributed by atoms with van der Waals surface area (Å²) in [5, 5.41) is 12.9. The number of carbonyl (C=O) groups excluding carboxylic acids is 3. The van der Waals surface area contributed by atoms with E-state index in [9.17, 15) is 27.9 Å². The molecule has 0 unspecified atom stereocenters. The quantitative estimate of drug-likeness (QED) is 0.298. The zero-order chi connectivity index (χ0) is 18.4. The van der Waals surface area contributed by atoms with Gasteiger partial charge in [0.15, 0.2) is 0 Å². The zero-order valence-electron chi connectivity index (χ0n) is 13.7. The first-order chi connectivity index (χ1) is 11.7. The van der Waals surface area contributed by atoms with Crippen LogP contribution in [0.25, 0.3) is 0 Å². The van der Waals surface area contributed by atoms with Crippen molar-refractivity contribution in [2.45, 2.75) is 24.5 Å². The Kier molecular flexibility index (Phi) is 5.98. The van der Waals surface area contributed by atoms with Gasteiger partial charge in [-0.1, -0.05) is 30.3 Å². The van der Waals surface area contributed by atoms with Crippen molar-refractivity contribution >= 4 is 28.2 Å². The number of carboxylic acid groups (broad SMARTS) is 1. The summed E-state index contributed by atoms with van der Waals surface area (Å²) in [5.41, 5.74) is 0.360. The molecule has 10 nitrogen and oxygen atoms in total. The largest absolute Gasteiger partial charge is 1.00 e.